The number of benzene rings is 1. The number of fused-ring (bicyclic) bond motifs is 1. The van der Waals surface area contributed by atoms with Crippen molar-refractivity contribution in [3.05, 3.63) is 29.7 Å². The summed E-state index contributed by atoms with van der Waals surface area (Å²) in [7, 11) is 0. The van der Waals surface area contributed by atoms with Gasteiger partial charge in [-0.3, -0.25) is 0 Å². The van der Waals surface area contributed by atoms with Gasteiger partial charge in [-0.25, -0.2) is 4.98 Å². The van der Waals surface area contributed by atoms with Crippen LogP contribution >= 0.6 is 0 Å². The Morgan fingerprint density at radius 2 is 2.00 bits per heavy atom. The summed E-state index contributed by atoms with van der Waals surface area (Å²) < 4.78 is 5.85. The molecule has 1 atom stereocenters. The highest BCUT2D eigenvalue weighted by molar-refractivity contribution is 5.73. The molecule has 0 bridgehead atoms. The van der Waals surface area contributed by atoms with E-state index in [2.05, 4.69) is 38.7 Å². The first-order chi connectivity index (χ1) is 9.40. The maximum absolute atomic E-state index is 5.85. The fourth-order valence-electron chi connectivity index (χ4n) is 2.70. The van der Waals surface area contributed by atoms with Crippen molar-refractivity contribution in [1.29, 1.82) is 0 Å². The van der Waals surface area contributed by atoms with E-state index < -0.39 is 0 Å². The van der Waals surface area contributed by atoms with Crippen LogP contribution in [0.5, 0.6) is 0 Å². The summed E-state index contributed by atoms with van der Waals surface area (Å²) in [6, 6.07) is 6.15. The SMILES string of the molecule is Cc1ccc2nc(CCC(CCN)C(C)(C)C)oc2c1. The van der Waals surface area contributed by atoms with Gasteiger partial charge >= 0.3 is 0 Å². The standard InChI is InChI=1S/C17H26N2O/c1-12-5-7-14-15(11-12)20-16(19-14)8-6-13(9-10-18)17(2,3)4/h5,7,11,13H,6,8-10,18H2,1-4H3. The zero-order valence-corrected chi connectivity index (χ0v) is 13.1. The first kappa shape index (κ1) is 15.0. The average Bonchev–Trinajstić information content (AvgIpc) is 2.74. The minimum atomic E-state index is 0.280. The smallest absolute Gasteiger partial charge is 0.195 e. The van der Waals surface area contributed by atoms with E-state index in [9.17, 15) is 0 Å². The molecule has 3 nitrogen and oxygen atoms in total. The minimum Gasteiger partial charge on any atom is -0.441 e. The van der Waals surface area contributed by atoms with E-state index in [1.807, 2.05) is 12.1 Å². The molecule has 0 aliphatic rings. The summed E-state index contributed by atoms with van der Waals surface area (Å²) in [5.41, 5.74) is 9.07. The third-order valence-electron chi connectivity index (χ3n) is 4.03. The van der Waals surface area contributed by atoms with E-state index in [0.717, 1.165) is 42.8 Å². The Morgan fingerprint density at radius 3 is 2.65 bits per heavy atom. The number of hydrogen-bond donors (Lipinski definition) is 1. The second kappa shape index (κ2) is 5.96. The predicted octanol–water partition coefficient (Wildman–Crippen LogP) is 4.08. The molecule has 2 aromatic rings. The molecule has 0 amide bonds. The van der Waals surface area contributed by atoms with Gasteiger partial charge in [0.2, 0.25) is 0 Å². The quantitative estimate of drug-likeness (QED) is 0.893. The van der Waals surface area contributed by atoms with Crippen LogP contribution in [0.2, 0.25) is 0 Å². The Morgan fingerprint density at radius 1 is 1.25 bits per heavy atom. The molecule has 0 saturated carbocycles. The van der Waals surface area contributed by atoms with Gasteiger partial charge in [0.1, 0.15) is 5.52 Å². The van der Waals surface area contributed by atoms with Crippen LogP contribution in [0.3, 0.4) is 0 Å². The number of nitrogens with two attached hydrogens (primary N) is 1. The van der Waals surface area contributed by atoms with Crippen LogP contribution in [0, 0.1) is 18.3 Å². The molecule has 1 aromatic carbocycles. The molecule has 0 aliphatic carbocycles. The molecular weight excluding hydrogens is 248 g/mol. The Balaban J connectivity index is 2.07. The van der Waals surface area contributed by atoms with Gasteiger partial charge in [-0.1, -0.05) is 26.8 Å². The van der Waals surface area contributed by atoms with Gasteiger partial charge in [0.05, 0.1) is 0 Å². The molecule has 20 heavy (non-hydrogen) atoms. The third-order valence-corrected chi connectivity index (χ3v) is 4.03. The summed E-state index contributed by atoms with van der Waals surface area (Å²) in [6.45, 7) is 9.65. The van der Waals surface area contributed by atoms with E-state index in [4.69, 9.17) is 10.2 Å². The molecule has 0 radical (unpaired) electrons. The topological polar surface area (TPSA) is 52.0 Å². The molecule has 110 valence electrons. The van der Waals surface area contributed by atoms with Crippen molar-refractivity contribution in [2.24, 2.45) is 17.1 Å². The third kappa shape index (κ3) is 3.60. The number of nitrogens with zero attached hydrogens (tertiary/aromatic N) is 1. The number of oxazole rings is 1. The lowest BCUT2D eigenvalue weighted by Gasteiger charge is -2.30. The van der Waals surface area contributed by atoms with Crippen molar-refractivity contribution in [1.82, 2.24) is 4.98 Å². The van der Waals surface area contributed by atoms with Crippen molar-refractivity contribution in [3.63, 3.8) is 0 Å². The molecule has 1 unspecified atom stereocenters. The highest BCUT2D eigenvalue weighted by Gasteiger charge is 2.24. The summed E-state index contributed by atoms with van der Waals surface area (Å²) in [5.74, 6) is 1.45. The van der Waals surface area contributed by atoms with Gasteiger partial charge in [-0.2, -0.15) is 0 Å². The molecule has 1 heterocycles. The summed E-state index contributed by atoms with van der Waals surface area (Å²) in [5, 5.41) is 0. The highest BCUT2D eigenvalue weighted by Crippen LogP contribution is 2.32. The van der Waals surface area contributed by atoms with Gasteiger partial charge in [-0.05, 0) is 55.3 Å². The predicted molar refractivity (Wildman–Crippen MR) is 83.7 cm³/mol. The van der Waals surface area contributed by atoms with Gasteiger partial charge in [-0.15, -0.1) is 0 Å². The zero-order chi connectivity index (χ0) is 14.8. The largest absolute Gasteiger partial charge is 0.441 e. The summed E-state index contributed by atoms with van der Waals surface area (Å²) >= 11 is 0. The molecule has 0 fully saturated rings. The molecule has 0 spiro atoms. The molecule has 0 aliphatic heterocycles. The number of hydrogen-bond acceptors (Lipinski definition) is 3. The van der Waals surface area contributed by atoms with Crippen LogP contribution in [0.4, 0.5) is 0 Å². The number of aromatic nitrogens is 1. The van der Waals surface area contributed by atoms with Crippen molar-refractivity contribution in [2.45, 2.75) is 47.0 Å². The van der Waals surface area contributed by atoms with Crippen molar-refractivity contribution < 1.29 is 4.42 Å². The molecule has 2 N–H and O–H groups in total. The van der Waals surface area contributed by atoms with Crippen molar-refractivity contribution in [2.75, 3.05) is 6.54 Å². The van der Waals surface area contributed by atoms with Crippen molar-refractivity contribution >= 4 is 11.1 Å². The van der Waals surface area contributed by atoms with Crippen LogP contribution in [0.15, 0.2) is 22.6 Å². The second-order valence-electron chi connectivity index (χ2n) is 6.76. The van der Waals surface area contributed by atoms with Crippen LogP contribution in [0.25, 0.3) is 11.1 Å². The van der Waals surface area contributed by atoms with E-state index in [0.29, 0.717) is 5.92 Å². The lowest BCUT2D eigenvalue weighted by Crippen LogP contribution is -2.24. The normalized spacial score (nSPS) is 13.8. The molecule has 3 heteroatoms. The van der Waals surface area contributed by atoms with Crippen molar-refractivity contribution in [3.8, 4) is 0 Å². The summed E-state index contributed by atoms with van der Waals surface area (Å²) in [6.07, 6.45) is 3.02. The minimum absolute atomic E-state index is 0.280. The monoisotopic (exact) mass is 274 g/mol. The van der Waals surface area contributed by atoms with E-state index in [1.54, 1.807) is 0 Å². The lowest BCUT2D eigenvalue weighted by atomic mass is 9.76. The number of aryl methyl sites for hydroxylation is 2. The van der Waals surface area contributed by atoms with E-state index in [-0.39, 0.29) is 5.41 Å². The van der Waals surface area contributed by atoms with Crippen LogP contribution in [-0.2, 0) is 6.42 Å². The molecule has 1 aromatic heterocycles. The maximum Gasteiger partial charge on any atom is 0.195 e. The first-order valence-electron chi connectivity index (χ1n) is 7.46. The fraction of sp³-hybridized carbons (Fsp3) is 0.588. The zero-order valence-electron chi connectivity index (χ0n) is 13.1. The highest BCUT2D eigenvalue weighted by atomic mass is 16.3. The van der Waals surface area contributed by atoms with E-state index in [1.165, 1.54) is 5.56 Å². The Bertz CT molecular complexity index is 566. The Labute approximate surface area is 121 Å². The lowest BCUT2D eigenvalue weighted by molar-refractivity contribution is 0.211. The van der Waals surface area contributed by atoms with Crippen LogP contribution < -0.4 is 5.73 Å². The van der Waals surface area contributed by atoms with E-state index >= 15 is 0 Å². The van der Waals surface area contributed by atoms with Crippen LogP contribution in [0.1, 0.15) is 45.1 Å². The number of rotatable bonds is 5. The molecular formula is C17H26N2O. The Kier molecular flexibility index (Phi) is 4.48. The second-order valence-corrected chi connectivity index (χ2v) is 6.76. The molecule has 2 rings (SSSR count). The first-order valence-corrected chi connectivity index (χ1v) is 7.46. The maximum atomic E-state index is 5.85. The fourth-order valence-corrected chi connectivity index (χ4v) is 2.70. The van der Waals surface area contributed by atoms with Gasteiger partial charge in [0, 0.05) is 6.42 Å². The Hall–Kier alpha value is -1.35. The van der Waals surface area contributed by atoms with Gasteiger partial charge in [0.25, 0.3) is 0 Å². The average molecular weight is 274 g/mol. The van der Waals surface area contributed by atoms with Gasteiger partial charge < -0.3 is 10.2 Å². The van der Waals surface area contributed by atoms with Crippen LogP contribution in [-0.4, -0.2) is 11.5 Å². The summed E-state index contributed by atoms with van der Waals surface area (Å²) in [4.78, 5) is 4.57. The van der Waals surface area contributed by atoms with Gasteiger partial charge in [0.15, 0.2) is 11.5 Å². The molecule has 0 saturated heterocycles.